The first-order valence-electron chi connectivity index (χ1n) is 10.4. The molecule has 0 radical (unpaired) electrons. The molecule has 8 nitrogen and oxygen atoms in total. The van der Waals surface area contributed by atoms with Crippen LogP contribution in [0.25, 0.3) is 16.6 Å². The Hall–Kier alpha value is -3.04. The van der Waals surface area contributed by atoms with Gasteiger partial charge in [0.2, 0.25) is 0 Å². The van der Waals surface area contributed by atoms with E-state index in [-0.39, 0.29) is 5.91 Å². The molecule has 0 aliphatic carbocycles. The maximum Gasteiger partial charge on any atom is 0.256 e. The zero-order valence-electron chi connectivity index (χ0n) is 17.9. The molecule has 1 aliphatic heterocycles. The van der Waals surface area contributed by atoms with Gasteiger partial charge in [-0.3, -0.25) is 4.79 Å². The molecule has 4 aromatic rings. The molecule has 1 fully saturated rings. The second-order valence-electron chi connectivity index (χ2n) is 8.16. The molecule has 5 rings (SSSR count). The number of nitrogens with zero attached hydrogens (tertiary/aromatic N) is 6. The first-order chi connectivity index (χ1) is 15.0. The van der Waals surface area contributed by atoms with Gasteiger partial charge >= 0.3 is 0 Å². The summed E-state index contributed by atoms with van der Waals surface area (Å²) in [4.78, 5) is 31.5. The Bertz CT molecular complexity index is 1250. The average Bonchev–Trinajstić information content (AvgIpc) is 3.34. The van der Waals surface area contributed by atoms with Crippen LogP contribution in [0.4, 0.5) is 10.9 Å². The van der Waals surface area contributed by atoms with E-state index < -0.39 is 0 Å². The molecule has 0 saturated carbocycles. The summed E-state index contributed by atoms with van der Waals surface area (Å²) in [7, 11) is 4.21. The van der Waals surface area contributed by atoms with Gasteiger partial charge in [0.25, 0.3) is 5.91 Å². The fraction of sp³-hybridized carbons (Fsp3) is 0.364. The molecule has 31 heavy (non-hydrogen) atoms. The van der Waals surface area contributed by atoms with Crippen LogP contribution in [0, 0.1) is 6.92 Å². The van der Waals surface area contributed by atoms with Crippen LogP contribution in [-0.4, -0.2) is 68.3 Å². The van der Waals surface area contributed by atoms with E-state index in [0.717, 1.165) is 47.7 Å². The van der Waals surface area contributed by atoms with Gasteiger partial charge < -0.3 is 19.5 Å². The molecule has 1 N–H and O–H groups in total. The highest BCUT2D eigenvalue weighted by Crippen LogP contribution is 2.33. The number of hydrogen-bond donors (Lipinski definition) is 1. The molecule has 4 aromatic heterocycles. The minimum atomic E-state index is 0.0316. The summed E-state index contributed by atoms with van der Waals surface area (Å²) in [6.07, 6.45) is 5.42. The largest absolute Gasteiger partial charge is 0.338 e. The van der Waals surface area contributed by atoms with Crippen LogP contribution in [-0.2, 0) is 0 Å². The van der Waals surface area contributed by atoms with Crippen molar-refractivity contribution < 1.29 is 4.79 Å². The minimum absolute atomic E-state index is 0.0316. The number of piperidine rings is 1. The van der Waals surface area contributed by atoms with Crippen LogP contribution >= 0.6 is 11.3 Å². The van der Waals surface area contributed by atoms with Crippen molar-refractivity contribution in [2.75, 3.05) is 32.5 Å². The number of rotatable bonds is 4. The molecule has 160 valence electrons. The van der Waals surface area contributed by atoms with Crippen molar-refractivity contribution in [1.82, 2.24) is 29.2 Å². The number of hydrogen-bond acceptors (Lipinski definition) is 7. The Morgan fingerprint density at radius 2 is 2.03 bits per heavy atom. The third-order valence-electron chi connectivity index (χ3n) is 5.96. The lowest BCUT2D eigenvalue weighted by Gasteiger charge is -2.35. The minimum Gasteiger partial charge on any atom is -0.338 e. The van der Waals surface area contributed by atoms with Gasteiger partial charge in [-0.05, 0) is 46.0 Å². The Labute approximate surface area is 184 Å². The average molecular weight is 436 g/mol. The number of anilines is 2. The highest BCUT2D eigenvalue weighted by molar-refractivity contribution is 7.13. The van der Waals surface area contributed by atoms with Crippen molar-refractivity contribution in [1.29, 1.82) is 0 Å². The fourth-order valence-corrected chi connectivity index (χ4v) is 5.00. The maximum absolute atomic E-state index is 13.8. The molecule has 5 heterocycles. The van der Waals surface area contributed by atoms with Crippen LogP contribution in [0.2, 0.25) is 0 Å². The van der Waals surface area contributed by atoms with Gasteiger partial charge in [0, 0.05) is 30.7 Å². The SMILES string of the molecule is Cc1csc(Nc2ncnc3c2c(C(=O)N2CCC(N(C)C)CC2)c2ccccn23)n1. The van der Waals surface area contributed by atoms with Crippen LogP contribution in [0.5, 0.6) is 0 Å². The molecule has 1 amide bonds. The van der Waals surface area contributed by atoms with Crippen molar-refractivity contribution in [3.63, 3.8) is 0 Å². The summed E-state index contributed by atoms with van der Waals surface area (Å²) in [5, 5.41) is 6.78. The summed E-state index contributed by atoms with van der Waals surface area (Å²) >= 11 is 1.52. The van der Waals surface area contributed by atoms with Gasteiger partial charge in [-0.2, -0.15) is 0 Å². The predicted octanol–water partition coefficient (Wildman–Crippen LogP) is 3.56. The number of aromatic nitrogens is 4. The smallest absolute Gasteiger partial charge is 0.256 e. The highest BCUT2D eigenvalue weighted by Gasteiger charge is 2.29. The Kier molecular flexibility index (Phi) is 5.07. The Morgan fingerprint density at radius 1 is 1.23 bits per heavy atom. The number of carbonyl (C=O) groups excluding carboxylic acids is 1. The number of nitrogens with one attached hydrogen (secondary N) is 1. The number of likely N-dealkylation sites (tertiary alicyclic amines) is 1. The standard InChI is InChI=1S/C22H25N7OS/c1-14-12-31-22(25-14)26-19-18-17(21(30)28-10-7-15(8-11-28)27(2)3)16-6-4-5-9-29(16)20(18)24-13-23-19/h4-6,9,12-13,15H,7-8,10-11H2,1-3H3,(H,23,24,25,26). The van der Waals surface area contributed by atoms with Crippen molar-refractivity contribution >= 4 is 44.7 Å². The first-order valence-corrected chi connectivity index (χ1v) is 11.3. The van der Waals surface area contributed by atoms with Crippen LogP contribution in [0.15, 0.2) is 36.1 Å². The van der Waals surface area contributed by atoms with E-state index in [4.69, 9.17) is 0 Å². The lowest BCUT2D eigenvalue weighted by molar-refractivity contribution is 0.0667. The van der Waals surface area contributed by atoms with E-state index in [0.29, 0.717) is 23.1 Å². The third-order valence-corrected chi connectivity index (χ3v) is 6.84. The lowest BCUT2D eigenvalue weighted by atomic mass is 10.0. The van der Waals surface area contributed by atoms with Gasteiger partial charge in [0.15, 0.2) is 10.8 Å². The van der Waals surface area contributed by atoms with Gasteiger partial charge in [-0.15, -0.1) is 11.3 Å². The normalized spacial score (nSPS) is 15.3. The maximum atomic E-state index is 13.8. The highest BCUT2D eigenvalue weighted by atomic mass is 32.1. The summed E-state index contributed by atoms with van der Waals surface area (Å²) < 4.78 is 1.97. The van der Waals surface area contributed by atoms with Crippen molar-refractivity contribution in [3.8, 4) is 0 Å². The number of aryl methyl sites for hydroxylation is 1. The van der Waals surface area contributed by atoms with Gasteiger partial charge in [-0.1, -0.05) is 6.07 Å². The molecule has 0 atom stereocenters. The second-order valence-corrected chi connectivity index (χ2v) is 9.02. The quantitative estimate of drug-likeness (QED) is 0.528. The molecular weight excluding hydrogens is 410 g/mol. The molecule has 9 heteroatoms. The van der Waals surface area contributed by atoms with E-state index in [1.54, 1.807) is 0 Å². The molecule has 0 spiro atoms. The van der Waals surface area contributed by atoms with E-state index in [1.165, 1.54) is 17.7 Å². The first kappa shape index (κ1) is 19.9. The number of fused-ring (bicyclic) bond motifs is 3. The zero-order valence-corrected chi connectivity index (χ0v) is 18.7. The third kappa shape index (κ3) is 3.53. The molecule has 0 unspecified atom stereocenters. The summed E-state index contributed by atoms with van der Waals surface area (Å²) in [5.74, 6) is 0.638. The summed E-state index contributed by atoms with van der Waals surface area (Å²) in [6, 6.07) is 6.38. The van der Waals surface area contributed by atoms with E-state index in [2.05, 4.69) is 39.3 Å². The lowest BCUT2D eigenvalue weighted by Crippen LogP contribution is -2.44. The summed E-state index contributed by atoms with van der Waals surface area (Å²) in [5.41, 5.74) is 3.15. The number of thiazole rings is 1. The number of amides is 1. The van der Waals surface area contributed by atoms with E-state index in [1.807, 2.05) is 46.0 Å². The second kappa shape index (κ2) is 7.90. The molecule has 1 saturated heterocycles. The molecule has 1 aliphatic rings. The monoisotopic (exact) mass is 435 g/mol. The van der Waals surface area contributed by atoms with Crippen molar-refractivity contribution in [2.24, 2.45) is 0 Å². The molecule has 0 aromatic carbocycles. The van der Waals surface area contributed by atoms with Crippen molar-refractivity contribution in [2.45, 2.75) is 25.8 Å². The van der Waals surface area contributed by atoms with Gasteiger partial charge in [0.05, 0.1) is 22.2 Å². The predicted molar refractivity (Wildman–Crippen MR) is 123 cm³/mol. The van der Waals surface area contributed by atoms with Crippen LogP contribution in [0.1, 0.15) is 28.9 Å². The number of pyridine rings is 1. The Morgan fingerprint density at radius 3 is 2.74 bits per heavy atom. The van der Waals surface area contributed by atoms with Crippen LogP contribution in [0.3, 0.4) is 0 Å². The van der Waals surface area contributed by atoms with Crippen molar-refractivity contribution in [3.05, 3.63) is 47.4 Å². The fourth-order valence-electron chi connectivity index (χ4n) is 4.32. The number of carbonyl (C=O) groups is 1. The van der Waals surface area contributed by atoms with Crippen LogP contribution < -0.4 is 5.32 Å². The zero-order chi connectivity index (χ0) is 21.5. The molecular formula is C22H25N7OS. The molecule has 0 bridgehead atoms. The Balaban J connectivity index is 1.61. The summed E-state index contributed by atoms with van der Waals surface area (Å²) in [6.45, 7) is 3.45. The van der Waals surface area contributed by atoms with Gasteiger partial charge in [-0.25, -0.2) is 15.0 Å². The van der Waals surface area contributed by atoms with E-state index >= 15 is 0 Å². The van der Waals surface area contributed by atoms with E-state index in [9.17, 15) is 4.79 Å². The topological polar surface area (TPSA) is 78.7 Å². The van der Waals surface area contributed by atoms with Gasteiger partial charge in [0.1, 0.15) is 12.1 Å².